The van der Waals surface area contributed by atoms with Gasteiger partial charge in [-0.1, -0.05) is 36.4 Å². The van der Waals surface area contributed by atoms with Crippen molar-refractivity contribution >= 4 is 17.3 Å². The molecule has 1 aliphatic rings. The van der Waals surface area contributed by atoms with E-state index in [9.17, 15) is 0 Å². The van der Waals surface area contributed by atoms with E-state index in [4.69, 9.17) is 14.7 Å². The number of nitrogens with zero attached hydrogens (tertiary/aromatic N) is 3. The van der Waals surface area contributed by atoms with Crippen LogP contribution in [-0.4, -0.2) is 30.2 Å². The normalized spacial score (nSPS) is 13.6. The molecule has 0 bridgehead atoms. The standard InChI is InChI=1S/C22H24N4O/c1-16-10-11-19(27-2)18(14-16)23-20-15-21(26-12-6-7-13-26)25-22(24-20)17-8-4-3-5-9-17/h3-5,8-11,14-15H,6-7,12-13H2,1-2H3,(H,23,24,25). The zero-order valence-electron chi connectivity index (χ0n) is 15.8. The second-order valence-electron chi connectivity index (χ2n) is 6.82. The maximum atomic E-state index is 5.50. The summed E-state index contributed by atoms with van der Waals surface area (Å²) in [6.07, 6.45) is 2.41. The van der Waals surface area contributed by atoms with Crippen molar-refractivity contribution in [2.75, 3.05) is 30.4 Å². The molecule has 0 unspecified atom stereocenters. The van der Waals surface area contributed by atoms with Crippen LogP contribution in [0.5, 0.6) is 5.75 Å². The van der Waals surface area contributed by atoms with Gasteiger partial charge in [0.15, 0.2) is 5.82 Å². The first-order valence-corrected chi connectivity index (χ1v) is 9.34. The molecule has 5 heteroatoms. The summed E-state index contributed by atoms with van der Waals surface area (Å²) in [5, 5.41) is 3.44. The van der Waals surface area contributed by atoms with Crippen LogP contribution in [0.4, 0.5) is 17.3 Å². The van der Waals surface area contributed by atoms with Crippen LogP contribution in [0.25, 0.3) is 11.4 Å². The maximum Gasteiger partial charge on any atom is 0.163 e. The minimum absolute atomic E-state index is 0.731. The number of anilines is 3. The fourth-order valence-electron chi connectivity index (χ4n) is 3.38. The molecule has 0 amide bonds. The Morgan fingerprint density at radius 2 is 1.74 bits per heavy atom. The first-order chi connectivity index (χ1) is 13.2. The Labute approximate surface area is 160 Å². The Bertz CT molecular complexity index is 921. The van der Waals surface area contributed by atoms with E-state index in [-0.39, 0.29) is 0 Å². The number of aromatic nitrogens is 2. The summed E-state index contributed by atoms with van der Waals surface area (Å²) in [5.41, 5.74) is 3.08. The molecular weight excluding hydrogens is 336 g/mol. The second-order valence-corrected chi connectivity index (χ2v) is 6.82. The van der Waals surface area contributed by atoms with Gasteiger partial charge in [0, 0.05) is 24.7 Å². The number of hydrogen-bond donors (Lipinski definition) is 1. The Morgan fingerprint density at radius 1 is 0.963 bits per heavy atom. The Hall–Kier alpha value is -3.08. The van der Waals surface area contributed by atoms with Crippen molar-refractivity contribution < 1.29 is 4.74 Å². The predicted molar refractivity (Wildman–Crippen MR) is 110 cm³/mol. The summed E-state index contributed by atoms with van der Waals surface area (Å²) in [6, 6.07) is 18.2. The van der Waals surface area contributed by atoms with Crippen molar-refractivity contribution in [1.82, 2.24) is 9.97 Å². The van der Waals surface area contributed by atoms with E-state index in [1.54, 1.807) is 7.11 Å². The van der Waals surface area contributed by atoms with Gasteiger partial charge in [0.1, 0.15) is 17.4 Å². The third kappa shape index (κ3) is 3.87. The lowest BCUT2D eigenvalue weighted by molar-refractivity contribution is 0.416. The molecule has 1 aliphatic heterocycles. The molecular formula is C22H24N4O. The van der Waals surface area contributed by atoms with Crippen LogP contribution in [0, 0.1) is 6.92 Å². The van der Waals surface area contributed by atoms with Gasteiger partial charge in [0.25, 0.3) is 0 Å². The van der Waals surface area contributed by atoms with E-state index in [1.807, 2.05) is 48.5 Å². The number of rotatable bonds is 5. The van der Waals surface area contributed by atoms with Crippen molar-refractivity contribution in [3.8, 4) is 17.1 Å². The highest BCUT2D eigenvalue weighted by atomic mass is 16.5. The highest BCUT2D eigenvalue weighted by Crippen LogP contribution is 2.31. The SMILES string of the molecule is COc1ccc(C)cc1Nc1cc(N2CCCC2)nc(-c2ccccc2)n1. The van der Waals surface area contributed by atoms with Crippen molar-refractivity contribution in [2.24, 2.45) is 0 Å². The molecule has 0 aliphatic carbocycles. The average molecular weight is 360 g/mol. The van der Waals surface area contributed by atoms with Gasteiger partial charge in [-0.05, 0) is 37.5 Å². The number of hydrogen-bond acceptors (Lipinski definition) is 5. The molecule has 0 spiro atoms. The molecule has 27 heavy (non-hydrogen) atoms. The average Bonchev–Trinajstić information content (AvgIpc) is 3.24. The number of methoxy groups -OCH3 is 1. The van der Waals surface area contributed by atoms with Crippen LogP contribution in [0.1, 0.15) is 18.4 Å². The van der Waals surface area contributed by atoms with E-state index in [1.165, 1.54) is 12.8 Å². The van der Waals surface area contributed by atoms with Gasteiger partial charge in [0.2, 0.25) is 0 Å². The molecule has 1 saturated heterocycles. The lowest BCUT2D eigenvalue weighted by Gasteiger charge is -2.19. The van der Waals surface area contributed by atoms with E-state index in [0.717, 1.165) is 53.1 Å². The Morgan fingerprint density at radius 3 is 2.48 bits per heavy atom. The molecule has 1 N–H and O–H groups in total. The fourth-order valence-corrected chi connectivity index (χ4v) is 3.38. The van der Waals surface area contributed by atoms with E-state index < -0.39 is 0 Å². The third-order valence-electron chi connectivity index (χ3n) is 4.79. The van der Waals surface area contributed by atoms with Crippen molar-refractivity contribution in [3.63, 3.8) is 0 Å². The quantitative estimate of drug-likeness (QED) is 0.708. The Balaban J connectivity index is 1.75. The Kier molecular flexibility index (Phi) is 4.92. The molecule has 1 fully saturated rings. The van der Waals surface area contributed by atoms with E-state index in [2.05, 4.69) is 23.2 Å². The summed E-state index contributed by atoms with van der Waals surface area (Å²) in [7, 11) is 1.68. The fraction of sp³-hybridized carbons (Fsp3) is 0.273. The van der Waals surface area contributed by atoms with Gasteiger partial charge in [-0.3, -0.25) is 0 Å². The summed E-state index contributed by atoms with van der Waals surface area (Å²) >= 11 is 0. The molecule has 5 nitrogen and oxygen atoms in total. The number of nitrogens with one attached hydrogen (secondary N) is 1. The van der Waals surface area contributed by atoms with Crippen LogP contribution >= 0.6 is 0 Å². The summed E-state index contributed by atoms with van der Waals surface area (Å²) in [4.78, 5) is 11.9. The number of ether oxygens (including phenoxy) is 1. The predicted octanol–water partition coefficient (Wildman–Crippen LogP) is 4.80. The summed E-state index contributed by atoms with van der Waals surface area (Å²) in [6.45, 7) is 4.15. The van der Waals surface area contributed by atoms with Gasteiger partial charge in [-0.15, -0.1) is 0 Å². The monoisotopic (exact) mass is 360 g/mol. The molecule has 1 aromatic heterocycles. The van der Waals surface area contributed by atoms with Crippen LogP contribution in [0.3, 0.4) is 0 Å². The lowest BCUT2D eigenvalue weighted by atomic mass is 10.2. The van der Waals surface area contributed by atoms with Gasteiger partial charge in [-0.2, -0.15) is 0 Å². The van der Waals surface area contributed by atoms with Gasteiger partial charge >= 0.3 is 0 Å². The largest absolute Gasteiger partial charge is 0.495 e. The van der Waals surface area contributed by atoms with Crippen LogP contribution in [0.15, 0.2) is 54.6 Å². The zero-order chi connectivity index (χ0) is 18.6. The number of aryl methyl sites for hydroxylation is 1. The molecule has 4 rings (SSSR count). The van der Waals surface area contributed by atoms with Crippen molar-refractivity contribution in [1.29, 1.82) is 0 Å². The molecule has 2 aromatic carbocycles. The summed E-state index contributed by atoms with van der Waals surface area (Å²) in [5.74, 6) is 3.27. The highest BCUT2D eigenvalue weighted by Gasteiger charge is 2.17. The second kappa shape index (κ2) is 7.66. The molecule has 0 radical (unpaired) electrons. The maximum absolute atomic E-state index is 5.50. The molecule has 0 atom stereocenters. The van der Waals surface area contributed by atoms with Crippen molar-refractivity contribution in [2.45, 2.75) is 19.8 Å². The first kappa shape index (κ1) is 17.3. The summed E-state index contributed by atoms with van der Waals surface area (Å²) < 4.78 is 5.50. The molecule has 138 valence electrons. The third-order valence-corrected chi connectivity index (χ3v) is 4.79. The highest BCUT2D eigenvalue weighted by molar-refractivity contribution is 5.69. The zero-order valence-corrected chi connectivity index (χ0v) is 15.8. The van der Waals surface area contributed by atoms with Gasteiger partial charge in [0.05, 0.1) is 12.8 Å². The molecule has 0 saturated carbocycles. The molecule has 3 aromatic rings. The van der Waals surface area contributed by atoms with E-state index >= 15 is 0 Å². The van der Waals surface area contributed by atoms with Gasteiger partial charge in [-0.25, -0.2) is 9.97 Å². The van der Waals surface area contributed by atoms with Crippen LogP contribution in [-0.2, 0) is 0 Å². The molecule has 2 heterocycles. The van der Waals surface area contributed by atoms with Gasteiger partial charge < -0.3 is 15.0 Å². The number of benzene rings is 2. The van der Waals surface area contributed by atoms with Crippen LogP contribution < -0.4 is 15.0 Å². The van der Waals surface area contributed by atoms with E-state index in [0.29, 0.717) is 0 Å². The first-order valence-electron chi connectivity index (χ1n) is 9.34. The topological polar surface area (TPSA) is 50.3 Å². The minimum Gasteiger partial charge on any atom is -0.495 e. The van der Waals surface area contributed by atoms with Crippen molar-refractivity contribution in [3.05, 3.63) is 60.2 Å². The minimum atomic E-state index is 0.731. The lowest BCUT2D eigenvalue weighted by Crippen LogP contribution is -2.19. The van der Waals surface area contributed by atoms with Crippen LogP contribution in [0.2, 0.25) is 0 Å². The smallest absolute Gasteiger partial charge is 0.163 e.